The summed E-state index contributed by atoms with van der Waals surface area (Å²) in [5, 5.41) is 15.9. The molecule has 170 valence electrons. The first kappa shape index (κ1) is 22.7. The topological polar surface area (TPSA) is 74.4 Å². The minimum Gasteiger partial charge on any atom is -0.395 e. The van der Waals surface area contributed by atoms with Crippen LogP contribution >= 0.6 is 11.3 Å². The van der Waals surface area contributed by atoms with Crippen LogP contribution in [0.2, 0.25) is 0 Å². The number of rotatable bonds is 6. The number of aliphatic hydroxyl groups is 1. The smallest absolute Gasteiger partial charge is 0.185 e. The zero-order chi connectivity index (χ0) is 22.2. The second-order valence-electron chi connectivity index (χ2n) is 10.7. The van der Waals surface area contributed by atoms with E-state index >= 15 is 0 Å². The molecule has 2 aromatic rings. The van der Waals surface area contributed by atoms with Crippen molar-refractivity contribution >= 4 is 16.5 Å². The van der Waals surface area contributed by atoms with Crippen molar-refractivity contribution < 1.29 is 5.11 Å². The van der Waals surface area contributed by atoms with Crippen LogP contribution in [0.5, 0.6) is 0 Å². The Hall–Kier alpha value is -1.47. The van der Waals surface area contributed by atoms with Crippen molar-refractivity contribution in [2.45, 2.75) is 76.3 Å². The van der Waals surface area contributed by atoms with Gasteiger partial charge in [-0.25, -0.2) is 4.98 Å². The minimum absolute atomic E-state index is 0.0328. The molecule has 4 rings (SSSR count). The molecule has 0 radical (unpaired) electrons. The first-order valence-electron chi connectivity index (χ1n) is 11.7. The summed E-state index contributed by atoms with van der Waals surface area (Å²) >= 11 is 1.75. The van der Waals surface area contributed by atoms with Crippen molar-refractivity contribution in [3.05, 3.63) is 34.7 Å². The van der Waals surface area contributed by atoms with Gasteiger partial charge in [0.05, 0.1) is 12.3 Å². The molecule has 0 bridgehead atoms. The highest BCUT2D eigenvalue weighted by molar-refractivity contribution is 7.14. The second kappa shape index (κ2) is 8.81. The highest BCUT2D eigenvalue weighted by Gasteiger charge is 2.37. The van der Waals surface area contributed by atoms with E-state index in [0.717, 1.165) is 36.8 Å². The quantitative estimate of drug-likeness (QED) is 0.630. The average molecular weight is 443 g/mol. The van der Waals surface area contributed by atoms with Gasteiger partial charge in [0, 0.05) is 42.7 Å². The zero-order valence-corrected chi connectivity index (χ0v) is 20.3. The maximum Gasteiger partial charge on any atom is 0.185 e. The Labute approximate surface area is 191 Å². The Morgan fingerprint density at radius 1 is 1.16 bits per heavy atom. The molecule has 1 atom stereocenters. The first-order chi connectivity index (χ1) is 14.7. The highest BCUT2D eigenvalue weighted by atomic mass is 32.1. The maximum atomic E-state index is 9.09. The van der Waals surface area contributed by atoms with Gasteiger partial charge in [0.25, 0.3) is 0 Å². The lowest BCUT2D eigenvalue weighted by Crippen LogP contribution is -2.47. The van der Waals surface area contributed by atoms with Crippen molar-refractivity contribution in [1.82, 2.24) is 10.3 Å². The SMILES string of the molecule is CC1(C)CCC(C)(C)c2cc(-c3csc(N4CCC(NC[C@@H](N)CO)CC4)n3)ccc21. The number of thiazole rings is 1. The van der Waals surface area contributed by atoms with Crippen molar-refractivity contribution in [3.63, 3.8) is 0 Å². The van der Waals surface area contributed by atoms with Crippen molar-refractivity contribution in [1.29, 1.82) is 0 Å². The van der Waals surface area contributed by atoms with Gasteiger partial charge in [0.2, 0.25) is 0 Å². The van der Waals surface area contributed by atoms with Gasteiger partial charge in [-0.15, -0.1) is 11.3 Å². The summed E-state index contributed by atoms with van der Waals surface area (Å²) in [4.78, 5) is 7.43. The number of anilines is 1. The van der Waals surface area contributed by atoms with Crippen molar-refractivity contribution in [2.75, 3.05) is 31.1 Å². The third-order valence-corrected chi connectivity index (χ3v) is 8.21. The second-order valence-corrected chi connectivity index (χ2v) is 11.5. The van der Waals surface area contributed by atoms with E-state index in [4.69, 9.17) is 15.8 Å². The van der Waals surface area contributed by atoms with Crippen LogP contribution in [0, 0.1) is 0 Å². The molecule has 0 saturated carbocycles. The van der Waals surface area contributed by atoms with E-state index in [9.17, 15) is 0 Å². The number of nitrogens with zero attached hydrogens (tertiary/aromatic N) is 2. The van der Waals surface area contributed by atoms with E-state index in [0.29, 0.717) is 12.6 Å². The molecule has 1 aliphatic heterocycles. The van der Waals surface area contributed by atoms with Crippen LogP contribution in [-0.4, -0.2) is 48.4 Å². The monoisotopic (exact) mass is 442 g/mol. The molecule has 1 saturated heterocycles. The van der Waals surface area contributed by atoms with Gasteiger partial charge in [0.15, 0.2) is 5.13 Å². The van der Waals surface area contributed by atoms with Gasteiger partial charge in [0.1, 0.15) is 0 Å². The molecule has 2 aliphatic rings. The summed E-state index contributed by atoms with van der Waals surface area (Å²) < 4.78 is 0. The summed E-state index contributed by atoms with van der Waals surface area (Å²) in [7, 11) is 0. The van der Waals surface area contributed by atoms with Crippen LogP contribution in [0.4, 0.5) is 5.13 Å². The fourth-order valence-corrected chi connectivity index (χ4v) is 5.84. The molecule has 2 heterocycles. The zero-order valence-electron chi connectivity index (χ0n) is 19.4. The number of nitrogens with two attached hydrogens (primary N) is 1. The Balaban J connectivity index is 1.45. The third-order valence-electron chi connectivity index (χ3n) is 7.31. The molecule has 31 heavy (non-hydrogen) atoms. The fourth-order valence-electron chi connectivity index (χ4n) is 4.95. The molecule has 0 spiro atoms. The summed E-state index contributed by atoms with van der Waals surface area (Å²) in [6.07, 6.45) is 4.62. The molecular weight excluding hydrogens is 404 g/mol. The van der Waals surface area contributed by atoms with Gasteiger partial charge in [-0.2, -0.15) is 0 Å². The van der Waals surface area contributed by atoms with Gasteiger partial charge < -0.3 is 21.1 Å². The number of aromatic nitrogens is 1. The van der Waals surface area contributed by atoms with E-state index in [-0.39, 0.29) is 23.5 Å². The van der Waals surface area contributed by atoms with E-state index in [2.05, 4.69) is 61.5 Å². The van der Waals surface area contributed by atoms with E-state index in [1.807, 2.05) is 0 Å². The molecule has 5 nitrogen and oxygen atoms in total. The van der Waals surface area contributed by atoms with Gasteiger partial charge in [-0.05, 0) is 53.7 Å². The number of aliphatic hydroxyl groups excluding tert-OH is 1. The predicted octanol–water partition coefficient (Wildman–Crippen LogP) is 4.04. The highest BCUT2D eigenvalue weighted by Crippen LogP contribution is 2.46. The summed E-state index contributed by atoms with van der Waals surface area (Å²) in [6.45, 7) is 12.2. The van der Waals surface area contributed by atoms with Gasteiger partial charge >= 0.3 is 0 Å². The minimum atomic E-state index is -0.174. The molecule has 6 heteroatoms. The largest absolute Gasteiger partial charge is 0.395 e. The maximum absolute atomic E-state index is 9.09. The van der Waals surface area contributed by atoms with Crippen LogP contribution in [0.15, 0.2) is 23.6 Å². The van der Waals surface area contributed by atoms with E-state index in [1.165, 1.54) is 29.5 Å². The number of hydrogen-bond acceptors (Lipinski definition) is 6. The predicted molar refractivity (Wildman–Crippen MR) is 131 cm³/mol. The van der Waals surface area contributed by atoms with Crippen molar-refractivity contribution in [3.8, 4) is 11.3 Å². The standard InChI is InChI=1S/C25H38N4OS/c1-24(2)9-10-25(3,4)21-13-17(5-6-20(21)24)22-16-31-23(28-22)29-11-7-19(8-12-29)27-14-18(26)15-30/h5-6,13,16,18-19,27,30H,7-12,14-15,26H2,1-4H3/t18-/m1/s1. The van der Waals surface area contributed by atoms with Gasteiger partial charge in [-0.1, -0.05) is 39.8 Å². The summed E-state index contributed by atoms with van der Waals surface area (Å²) in [5.41, 5.74) is 11.6. The van der Waals surface area contributed by atoms with Crippen LogP contribution in [-0.2, 0) is 10.8 Å². The summed E-state index contributed by atoms with van der Waals surface area (Å²) in [5.74, 6) is 0. The first-order valence-corrected chi connectivity index (χ1v) is 12.5. The number of benzene rings is 1. The normalized spacial score (nSPS) is 21.7. The average Bonchev–Trinajstić information content (AvgIpc) is 3.26. The Morgan fingerprint density at radius 2 is 1.84 bits per heavy atom. The molecule has 4 N–H and O–H groups in total. The van der Waals surface area contributed by atoms with Crippen LogP contribution < -0.4 is 16.0 Å². The number of piperidine rings is 1. The van der Waals surface area contributed by atoms with Crippen LogP contribution in [0.3, 0.4) is 0 Å². The molecule has 0 unspecified atom stereocenters. The van der Waals surface area contributed by atoms with E-state index < -0.39 is 0 Å². The molecule has 1 fully saturated rings. The molecule has 1 aliphatic carbocycles. The van der Waals surface area contributed by atoms with Crippen LogP contribution in [0.25, 0.3) is 11.3 Å². The summed E-state index contributed by atoms with van der Waals surface area (Å²) in [6, 6.07) is 7.31. The Morgan fingerprint density at radius 3 is 2.52 bits per heavy atom. The molecule has 1 aromatic carbocycles. The lowest BCUT2D eigenvalue weighted by molar-refractivity contribution is 0.256. The van der Waals surface area contributed by atoms with Crippen molar-refractivity contribution in [2.24, 2.45) is 5.73 Å². The van der Waals surface area contributed by atoms with E-state index in [1.54, 1.807) is 11.3 Å². The molecule has 1 aromatic heterocycles. The Bertz CT molecular complexity index is 899. The van der Waals surface area contributed by atoms with Crippen LogP contribution in [0.1, 0.15) is 64.5 Å². The molecule has 0 amide bonds. The number of fused-ring (bicyclic) bond motifs is 1. The third kappa shape index (κ3) is 4.82. The number of nitrogens with one attached hydrogen (secondary N) is 1. The molecular formula is C25H38N4OS. The van der Waals surface area contributed by atoms with Gasteiger partial charge in [-0.3, -0.25) is 0 Å². The fraction of sp³-hybridized carbons (Fsp3) is 0.640. The lowest BCUT2D eigenvalue weighted by Gasteiger charge is -2.42. The number of hydrogen-bond donors (Lipinski definition) is 3. The lowest BCUT2D eigenvalue weighted by atomic mass is 9.63. The Kier molecular flexibility index (Phi) is 6.46.